The zero-order valence-corrected chi connectivity index (χ0v) is 15.4. The van der Waals surface area contributed by atoms with Gasteiger partial charge in [-0.25, -0.2) is 4.79 Å². The van der Waals surface area contributed by atoms with Gasteiger partial charge in [0.05, 0.1) is 12.5 Å². The molecule has 0 aliphatic carbocycles. The van der Waals surface area contributed by atoms with E-state index >= 15 is 0 Å². The topological polar surface area (TPSA) is 191 Å². The molecule has 150 valence electrons. The first-order valence-electron chi connectivity index (χ1n) is 8.65. The lowest BCUT2D eigenvalue weighted by Gasteiger charge is -2.23. The van der Waals surface area contributed by atoms with Crippen molar-refractivity contribution in [2.75, 3.05) is 6.54 Å². The zero-order valence-electron chi connectivity index (χ0n) is 15.4. The number of carbonyl (C=O) groups is 4. The molecule has 3 amide bonds. The first-order valence-corrected chi connectivity index (χ1v) is 8.65. The van der Waals surface area contributed by atoms with E-state index in [-0.39, 0.29) is 25.2 Å². The second-order valence-electron chi connectivity index (χ2n) is 6.65. The molecule has 3 unspecified atom stereocenters. The fourth-order valence-corrected chi connectivity index (χ4v) is 2.32. The molecule has 0 aromatic rings. The lowest BCUT2D eigenvalue weighted by Crippen LogP contribution is -2.55. The van der Waals surface area contributed by atoms with Crippen LogP contribution >= 0.6 is 0 Å². The number of rotatable bonds is 13. The second-order valence-corrected chi connectivity index (χ2v) is 6.65. The molecule has 10 heteroatoms. The number of carboxylic acids is 1. The Kier molecular flexibility index (Phi) is 11.2. The SMILES string of the molecule is CC(C)CC(NC(=O)C(CCCCN)NC(=O)C(N)CC(N)=O)C(=O)O. The van der Waals surface area contributed by atoms with Crippen molar-refractivity contribution in [2.24, 2.45) is 23.1 Å². The van der Waals surface area contributed by atoms with Crippen LogP contribution in [0.3, 0.4) is 0 Å². The summed E-state index contributed by atoms with van der Waals surface area (Å²) in [5.41, 5.74) is 16.0. The third-order valence-corrected chi connectivity index (χ3v) is 3.66. The number of aliphatic carboxylic acids is 1. The maximum Gasteiger partial charge on any atom is 0.326 e. The highest BCUT2D eigenvalue weighted by atomic mass is 16.4. The van der Waals surface area contributed by atoms with Gasteiger partial charge in [0.25, 0.3) is 0 Å². The Morgan fingerprint density at radius 1 is 1.00 bits per heavy atom. The molecular weight excluding hydrogens is 342 g/mol. The van der Waals surface area contributed by atoms with Crippen molar-refractivity contribution >= 4 is 23.7 Å². The minimum Gasteiger partial charge on any atom is -0.480 e. The van der Waals surface area contributed by atoms with E-state index in [9.17, 15) is 24.3 Å². The molecule has 0 saturated heterocycles. The monoisotopic (exact) mass is 373 g/mol. The summed E-state index contributed by atoms with van der Waals surface area (Å²) in [7, 11) is 0. The van der Waals surface area contributed by atoms with Crippen molar-refractivity contribution in [3.05, 3.63) is 0 Å². The molecule has 0 aromatic heterocycles. The van der Waals surface area contributed by atoms with Crippen LogP contribution in [0.4, 0.5) is 0 Å². The highest BCUT2D eigenvalue weighted by molar-refractivity contribution is 5.93. The molecule has 0 aliphatic heterocycles. The number of hydrogen-bond acceptors (Lipinski definition) is 6. The lowest BCUT2D eigenvalue weighted by molar-refractivity contribution is -0.142. The van der Waals surface area contributed by atoms with Gasteiger partial charge in [-0.1, -0.05) is 13.8 Å². The predicted molar refractivity (Wildman–Crippen MR) is 95.6 cm³/mol. The normalized spacial score (nSPS) is 14.3. The van der Waals surface area contributed by atoms with E-state index in [0.717, 1.165) is 0 Å². The fraction of sp³-hybridized carbons (Fsp3) is 0.750. The minimum atomic E-state index is -1.18. The van der Waals surface area contributed by atoms with Crippen LogP contribution in [0.15, 0.2) is 0 Å². The van der Waals surface area contributed by atoms with E-state index in [2.05, 4.69) is 10.6 Å². The summed E-state index contributed by atoms with van der Waals surface area (Å²) in [6.45, 7) is 4.10. The third kappa shape index (κ3) is 9.94. The molecule has 0 bridgehead atoms. The van der Waals surface area contributed by atoms with E-state index in [1.54, 1.807) is 0 Å². The quantitative estimate of drug-likeness (QED) is 0.210. The number of hydrogen-bond donors (Lipinski definition) is 6. The van der Waals surface area contributed by atoms with E-state index in [1.807, 2.05) is 13.8 Å². The molecule has 0 aromatic carbocycles. The molecule has 0 aliphatic rings. The maximum atomic E-state index is 12.5. The molecule has 0 radical (unpaired) electrons. The van der Waals surface area contributed by atoms with Crippen LogP contribution in [0, 0.1) is 5.92 Å². The Bertz CT molecular complexity index is 497. The molecule has 10 nitrogen and oxygen atoms in total. The van der Waals surface area contributed by atoms with E-state index in [4.69, 9.17) is 17.2 Å². The van der Waals surface area contributed by atoms with E-state index < -0.39 is 41.8 Å². The van der Waals surface area contributed by atoms with Crippen molar-refractivity contribution < 1.29 is 24.3 Å². The van der Waals surface area contributed by atoms with Gasteiger partial charge in [-0.15, -0.1) is 0 Å². The Labute approximate surface area is 153 Å². The summed E-state index contributed by atoms with van der Waals surface area (Å²) < 4.78 is 0. The largest absolute Gasteiger partial charge is 0.480 e. The molecule has 0 spiro atoms. The van der Waals surface area contributed by atoms with Gasteiger partial charge in [0.2, 0.25) is 17.7 Å². The van der Waals surface area contributed by atoms with Crippen LogP contribution in [0.2, 0.25) is 0 Å². The number of unbranched alkanes of at least 4 members (excludes halogenated alkanes) is 1. The summed E-state index contributed by atoms with van der Waals surface area (Å²) in [5, 5.41) is 14.2. The molecule has 0 rings (SSSR count). The highest BCUT2D eigenvalue weighted by Crippen LogP contribution is 2.07. The number of carboxylic acid groups (broad SMARTS) is 1. The average Bonchev–Trinajstić information content (AvgIpc) is 2.51. The number of primary amides is 1. The van der Waals surface area contributed by atoms with E-state index in [1.165, 1.54) is 0 Å². The Hall–Kier alpha value is -2.20. The predicted octanol–water partition coefficient (Wildman–Crippen LogP) is -1.58. The summed E-state index contributed by atoms with van der Waals surface area (Å²) in [4.78, 5) is 46.7. The summed E-state index contributed by atoms with van der Waals surface area (Å²) >= 11 is 0. The van der Waals surface area contributed by atoms with E-state index in [0.29, 0.717) is 19.4 Å². The van der Waals surface area contributed by atoms with Crippen LogP contribution in [0.1, 0.15) is 46.0 Å². The van der Waals surface area contributed by atoms with Crippen LogP contribution in [0.5, 0.6) is 0 Å². The lowest BCUT2D eigenvalue weighted by atomic mass is 10.0. The van der Waals surface area contributed by atoms with Crippen LogP contribution in [-0.2, 0) is 19.2 Å². The van der Waals surface area contributed by atoms with Crippen molar-refractivity contribution in [1.29, 1.82) is 0 Å². The van der Waals surface area contributed by atoms with Crippen LogP contribution < -0.4 is 27.8 Å². The van der Waals surface area contributed by atoms with Crippen LogP contribution in [-0.4, -0.2) is 53.5 Å². The van der Waals surface area contributed by atoms with Gasteiger partial charge in [0, 0.05) is 0 Å². The zero-order chi connectivity index (χ0) is 20.3. The van der Waals surface area contributed by atoms with Crippen molar-refractivity contribution in [1.82, 2.24) is 10.6 Å². The Balaban J connectivity index is 5.02. The number of carbonyl (C=O) groups excluding carboxylic acids is 3. The Morgan fingerprint density at radius 2 is 1.58 bits per heavy atom. The number of nitrogens with one attached hydrogen (secondary N) is 2. The van der Waals surface area contributed by atoms with Gasteiger partial charge in [-0.05, 0) is 38.1 Å². The van der Waals surface area contributed by atoms with Crippen molar-refractivity contribution in [3.63, 3.8) is 0 Å². The van der Waals surface area contributed by atoms with Gasteiger partial charge < -0.3 is 32.9 Å². The molecule has 26 heavy (non-hydrogen) atoms. The van der Waals surface area contributed by atoms with Gasteiger partial charge in [-0.3, -0.25) is 14.4 Å². The minimum absolute atomic E-state index is 0.0608. The van der Waals surface area contributed by atoms with Gasteiger partial charge in [0.15, 0.2) is 0 Å². The second kappa shape index (κ2) is 12.2. The maximum absolute atomic E-state index is 12.5. The van der Waals surface area contributed by atoms with Gasteiger partial charge in [-0.2, -0.15) is 0 Å². The highest BCUT2D eigenvalue weighted by Gasteiger charge is 2.28. The fourth-order valence-electron chi connectivity index (χ4n) is 2.32. The standard InChI is InChI=1S/C16H31N5O5/c1-9(2)7-12(16(25)26)21-15(24)11(5-3-4-6-17)20-14(23)10(18)8-13(19)22/h9-12H,3-8,17-18H2,1-2H3,(H2,19,22)(H,20,23)(H,21,24)(H,25,26). The van der Waals surface area contributed by atoms with Gasteiger partial charge in [0.1, 0.15) is 12.1 Å². The molecule has 0 saturated carbocycles. The summed E-state index contributed by atoms with van der Waals surface area (Å²) in [6.07, 6.45) is 1.37. The number of amides is 3. The smallest absolute Gasteiger partial charge is 0.326 e. The summed E-state index contributed by atoms with van der Waals surface area (Å²) in [5.74, 6) is -3.14. The first-order chi connectivity index (χ1) is 12.1. The van der Waals surface area contributed by atoms with Crippen molar-refractivity contribution in [3.8, 4) is 0 Å². The average molecular weight is 373 g/mol. The van der Waals surface area contributed by atoms with Crippen LogP contribution in [0.25, 0.3) is 0 Å². The molecule has 0 fully saturated rings. The third-order valence-electron chi connectivity index (χ3n) is 3.66. The summed E-state index contributed by atoms with van der Waals surface area (Å²) in [6, 6.07) is -3.21. The first kappa shape index (κ1) is 23.8. The number of nitrogens with two attached hydrogens (primary N) is 3. The van der Waals surface area contributed by atoms with Crippen molar-refractivity contribution in [2.45, 2.75) is 64.1 Å². The van der Waals surface area contributed by atoms with Gasteiger partial charge >= 0.3 is 5.97 Å². The molecule has 3 atom stereocenters. The molecule has 0 heterocycles. The molecular formula is C16H31N5O5. The Morgan fingerprint density at radius 3 is 2.04 bits per heavy atom. The molecule has 9 N–H and O–H groups in total.